The van der Waals surface area contributed by atoms with Crippen LogP contribution in [0.3, 0.4) is 0 Å². The summed E-state index contributed by atoms with van der Waals surface area (Å²) in [5.74, 6) is 1.97. The van der Waals surface area contributed by atoms with Crippen LogP contribution in [0, 0.1) is 0 Å². The number of ether oxygens (including phenoxy) is 1. The number of nitrogens with one attached hydrogen (secondary N) is 1. The molecule has 4 rings (SSSR count). The van der Waals surface area contributed by atoms with Crippen molar-refractivity contribution < 1.29 is 9.53 Å². The van der Waals surface area contributed by atoms with Crippen molar-refractivity contribution in [2.24, 2.45) is 0 Å². The van der Waals surface area contributed by atoms with Crippen LogP contribution in [0.1, 0.15) is 5.56 Å². The molecule has 166 valence electrons. The Morgan fingerprint density at radius 2 is 1.78 bits per heavy atom. The highest BCUT2D eigenvalue weighted by atomic mass is 32.2. The number of thioether (sulfide) groups is 1. The number of carbonyl (C=O) groups is 1. The van der Waals surface area contributed by atoms with Gasteiger partial charge in [0.15, 0.2) is 0 Å². The van der Waals surface area contributed by atoms with Crippen molar-refractivity contribution in [1.29, 1.82) is 0 Å². The van der Waals surface area contributed by atoms with Crippen LogP contribution >= 0.6 is 11.8 Å². The molecule has 0 aliphatic carbocycles. The molecule has 0 unspecified atom stereocenters. The summed E-state index contributed by atoms with van der Waals surface area (Å²) in [6, 6.07) is 20.1. The second-order valence-electron chi connectivity index (χ2n) is 7.44. The van der Waals surface area contributed by atoms with Crippen molar-refractivity contribution in [2.45, 2.75) is 11.6 Å². The molecule has 1 aromatic heterocycles. The largest absolute Gasteiger partial charge is 0.497 e. The van der Waals surface area contributed by atoms with Crippen LogP contribution < -0.4 is 19.9 Å². The summed E-state index contributed by atoms with van der Waals surface area (Å²) in [4.78, 5) is 25.7. The number of para-hydroxylation sites is 1. The van der Waals surface area contributed by atoms with Gasteiger partial charge in [0.05, 0.1) is 12.9 Å². The number of aromatic nitrogens is 2. The molecule has 1 aliphatic heterocycles. The molecule has 2 aromatic carbocycles. The highest BCUT2D eigenvalue weighted by molar-refractivity contribution is 7.99. The summed E-state index contributed by atoms with van der Waals surface area (Å²) in [6.45, 7) is 4.16. The van der Waals surface area contributed by atoms with Gasteiger partial charge in [0, 0.05) is 44.5 Å². The minimum Gasteiger partial charge on any atom is -0.497 e. The average molecular weight is 450 g/mol. The molecule has 0 radical (unpaired) electrons. The number of benzene rings is 2. The first-order chi connectivity index (χ1) is 15.7. The van der Waals surface area contributed by atoms with E-state index < -0.39 is 0 Å². The third-order valence-electron chi connectivity index (χ3n) is 5.33. The van der Waals surface area contributed by atoms with Gasteiger partial charge in [-0.2, -0.15) is 0 Å². The maximum atomic E-state index is 12.3. The number of piperazine rings is 1. The van der Waals surface area contributed by atoms with Gasteiger partial charge < -0.3 is 19.9 Å². The molecule has 0 spiro atoms. The van der Waals surface area contributed by atoms with E-state index in [1.54, 1.807) is 13.4 Å². The Hall–Kier alpha value is -3.26. The second kappa shape index (κ2) is 10.9. The van der Waals surface area contributed by atoms with Crippen molar-refractivity contribution in [2.75, 3.05) is 48.8 Å². The molecule has 3 aromatic rings. The van der Waals surface area contributed by atoms with Crippen molar-refractivity contribution in [1.82, 2.24) is 15.3 Å². The van der Waals surface area contributed by atoms with Gasteiger partial charge in [-0.25, -0.2) is 9.97 Å². The van der Waals surface area contributed by atoms with E-state index >= 15 is 0 Å². The summed E-state index contributed by atoms with van der Waals surface area (Å²) >= 11 is 1.42. The van der Waals surface area contributed by atoms with E-state index in [1.165, 1.54) is 17.4 Å². The minimum atomic E-state index is -0.0329. The first-order valence-corrected chi connectivity index (χ1v) is 11.6. The Bertz CT molecular complexity index is 1030. The molecule has 7 nitrogen and oxygen atoms in total. The van der Waals surface area contributed by atoms with Gasteiger partial charge in [-0.05, 0) is 29.8 Å². The quantitative estimate of drug-likeness (QED) is 0.418. The number of anilines is 2. The predicted octanol–water partition coefficient (Wildman–Crippen LogP) is 3.22. The van der Waals surface area contributed by atoms with Crippen LogP contribution in [0.2, 0.25) is 0 Å². The molecule has 1 aliphatic rings. The molecule has 32 heavy (non-hydrogen) atoms. The highest BCUT2D eigenvalue weighted by Crippen LogP contribution is 2.22. The number of nitrogens with zero attached hydrogens (tertiary/aromatic N) is 4. The van der Waals surface area contributed by atoms with Crippen LogP contribution in [-0.4, -0.2) is 54.9 Å². The number of hydrogen-bond acceptors (Lipinski definition) is 7. The lowest BCUT2D eigenvalue weighted by molar-refractivity contribution is -0.118. The van der Waals surface area contributed by atoms with Crippen molar-refractivity contribution in [3.63, 3.8) is 0 Å². The van der Waals surface area contributed by atoms with Gasteiger partial charge in [-0.3, -0.25) is 4.79 Å². The first kappa shape index (κ1) is 22.0. The van der Waals surface area contributed by atoms with Gasteiger partial charge in [0.25, 0.3) is 0 Å². The van der Waals surface area contributed by atoms with E-state index in [2.05, 4.69) is 49.4 Å². The van der Waals surface area contributed by atoms with Gasteiger partial charge in [0.2, 0.25) is 5.91 Å². The normalized spacial score (nSPS) is 13.7. The maximum Gasteiger partial charge on any atom is 0.230 e. The summed E-state index contributed by atoms with van der Waals surface area (Å²) in [5.41, 5.74) is 2.26. The molecule has 1 amide bonds. The SMILES string of the molecule is COc1cccc(CNC(=O)CSc2cc(N3CCN(c4ccccc4)CC3)ncn2)c1. The molecule has 0 saturated carbocycles. The molecule has 2 heterocycles. The lowest BCUT2D eigenvalue weighted by Gasteiger charge is -2.36. The lowest BCUT2D eigenvalue weighted by Crippen LogP contribution is -2.46. The zero-order chi connectivity index (χ0) is 22.2. The number of amides is 1. The van der Waals surface area contributed by atoms with E-state index in [-0.39, 0.29) is 5.91 Å². The summed E-state index contributed by atoms with van der Waals surface area (Å²) in [5, 5.41) is 3.75. The number of rotatable bonds is 8. The number of carbonyl (C=O) groups excluding carboxylic acids is 1. The van der Waals surface area contributed by atoms with Crippen LogP contribution in [0.15, 0.2) is 72.0 Å². The molecular weight excluding hydrogens is 422 g/mol. The molecular formula is C24H27N5O2S. The monoisotopic (exact) mass is 449 g/mol. The van der Waals surface area contributed by atoms with E-state index in [4.69, 9.17) is 4.74 Å². The Labute approximate surface area is 192 Å². The van der Waals surface area contributed by atoms with Crippen LogP contribution in [0.25, 0.3) is 0 Å². The fourth-order valence-corrected chi connectivity index (χ4v) is 4.28. The third-order valence-corrected chi connectivity index (χ3v) is 6.25. The molecule has 8 heteroatoms. The molecule has 1 fully saturated rings. The van der Waals surface area contributed by atoms with E-state index in [9.17, 15) is 4.79 Å². The maximum absolute atomic E-state index is 12.3. The van der Waals surface area contributed by atoms with E-state index in [0.29, 0.717) is 12.3 Å². The van der Waals surface area contributed by atoms with Gasteiger partial charge in [0.1, 0.15) is 22.9 Å². The molecule has 0 bridgehead atoms. The highest BCUT2D eigenvalue weighted by Gasteiger charge is 2.19. The second-order valence-corrected chi connectivity index (χ2v) is 8.44. The first-order valence-electron chi connectivity index (χ1n) is 10.6. The number of methoxy groups -OCH3 is 1. The Balaban J connectivity index is 1.25. The average Bonchev–Trinajstić information content (AvgIpc) is 2.87. The summed E-state index contributed by atoms with van der Waals surface area (Å²) in [6.07, 6.45) is 1.58. The molecule has 1 saturated heterocycles. The van der Waals surface area contributed by atoms with Crippen molar-refractivity contribution >= 4 is 29.2 Å². The zero-order valence-electron chi connectivity index (χ0n) is 18.1. The van der Waals surface area contributed by atoms with Crippen molar-refractivity contribution in [3.8, 4) is 5.75 Å². The predicted molar refractivity (Wildman–Crippen MR) is 128 cm³/mol. The standard InChI is InChI=1S/C24H27N5O2S/c1-31-21-9-5-6-19(14-21)16-25-23(30)17-32-24-15-22(26-18-27-24)29-12-10-28(11-13-29)20-7-3-2-4-8-20/h2-9,14-15,18H,10-13,16-17H2,1H3,(H,25,30). The van der Waals surface area contributed by atoms with Gasteiger partial charge >= 0.3 is 0 Å². The Morgan fingerprint density at radius 1 is 1.00 bits per heavy atom. The zero-order valence-corrected chi connectivity index (χ0v) is 18.9. The smallest absolute Gasteiger partial charge is 0.230 e. The topological polar surface area (TPSA) is 70.6 Å². The Kier molecular flexibility index (Phi) is 7.45. The molecule has 1 N–H and O–H groups in total. The number of hydrogen-bond donors (Lipinski definition) is 1. The van der Waals surface area contributed by atoms with Crippen LogP contribution in [0.5, 0.6) is 5.75 Å². The van der Waals surface area contributed by atoms with Gasteiger partial charge in [-0.15, -0.1) is 0 Å². The van der Waals surface area contributed by atoms with Crippen LogP contribution in [0.4, 0.5) is 11.5 Å². The van der Waals surface area contributed by atoms with Gasteiger partial charge in [-0.1, -0.05) is 42.1 Å². The molecule has 0 atom stereocenters. The fourth-order valence-electron chi connectivity index (χ4n) is 3.59. The van der Waals surface area contributed by atoms with E-state index in [0.717, 1.165) is 48.3 Å². The minimum absolute atomic E-state index is 0.0329. The summed E-state index contributed by atoms with van der Waals surface area (Å²) < 4.78 is 5.22. The lowest BCUT2D eigenvalue weighted by atomic mass is 10.2. The summed E-state index contributed by atoms with van der Waals surface area (Å²) in [7, 11) is 1.63. The third kappa shape index (κ3) is 5.91. The van der Waals surface area contributed by atoms with Crippen LogP contribution in [-0.2, 0) is 11.3 Å². The Morgan fingerprint density at radius 3 is 2.56 bits per heavy atom. The fraction of sp³-hybridized carbons (Fsp3) is 0.292. The van der Waals surface area contributed by atoms with Crippen molar-refractivity contribution in [3.05, 3.63) is 72.6 Å². The van der Waals surface area contributed by atoms with E-state index in [1.807, 2.05) is 36.4 Å².